The number of hydrogen-bond acceptors (Lipinski definition) is 7. The molecule has 7 nitrogen and oxygen atoms in total. The van der Waals surface area contributed by atoms with E-state index in [1.165, 1.54) is 0 Å². The molecule has 30 heavy (non-hydrogen) atoms. The maximum absolute atomic E-state index is 9.41. The lowest BCUT2D eigenvalue weighted by atomic mass is 10.0. The van der Waals surface area contributed by atoms with Crippen LogP contribution in [0.5, 0.6) is 11.5 Å². The SMILES string of the molecule is CC1OCC(COc2c3ccccc3c(OCC3COC(O)O3)c3ccccc23)O1. The van der Waals surface area contributed by atoms with Crippen LogP contribution in [0.1, 0.15) is 6.92 Å². The molecular formula is C23H24O7. The van der Waals surface area contributed by atoms with Gasteiger partial charge < -0.3 is 33.5 Å². The third kappa shape index (κ3) is 3.82. The monoisotopic (exact) mass is 412 g/mol. The van der Waals surface area contributed by atoms with E-state index in [1.807, 2.05) is 55.5 Å². The molecule has 5 rings (SSSR count). The van der Waals surface area contributed by atoms with Crippen molar-refractivity contribution in [2.45, 2.75) is 31.9 Å². The quantitative estimate of drug-likeness (QED) is 0.623. The van der Waals surface area contributed by atoms with Gasteiger partial charge in [-0.2, -0.15) is 0 Å². The lowest BCUT2D eigenvalue weighted by Crippen LogP contribution is -2.21. The minimum atomic E-state index is -1.19. The standard InChI is InChI=1S/C23H24O7/c1-14-25-10-15(29-14)11-26-21-17-6-2-4-8-19(17)22(20-9-5-3-7-18(20)21)27-12-16-13-28-23(24)30-16/h2-9,14-16,23-24H,10-13H2,1H3. The zero-order chi connectivity index (χ0) is 20.5. The molecule has 2 saturated heterocycles. The minimum absolute atomic E-state index is 0.0978. The number of aliphatic hydroxyl groups is 1. The van der Waals surface area contributed by atoms with E-state index in [1.54, 1.807) is 0 Å². The molecule has 4 unspecified atom stereocenters. The minimum Gasteiger partial charge on any atom is -0.489 e. The summed E-state index contributed by atoms with van der Waals surface area (Å²) in [6, 6.07) is 16.0. The average molecular weight is 412 g/mol. The summed E-state index contributed by atoms with van der Waals surface area (Å²) >= 11 is 0. The van der Waals surface area contributed by atoms with E-state index in [4.69, 9.17) is 28.4 Å². The zero-order valence-corrected chi connectivity index (χ0v) is 16.7. The van der Waals surface area contributed by atoms with Gasteiger partial charge in [0.1, 0.15) is 36.9 Å². The summed E-state index contributed by atoms with van der Waals surface area (Å²) in [4.78, 5) is 0. The third-order valence-corrected chi connectivity index (χ3v) is 5.29. The maximum atomic E-state index is 9.41. The van der Waals surface area contributed by atoms with Gasteiger partial charge in [-0.3, -0.25) is 0 Å². The molecule has 0 amide bonds. The molecule has 7 heteroatoms. The van der Waals surface area contributed by atoms with Crippen LogP contribution in [0.4, 0.5) is 0 Å². The lowest BCUT2D eigenvalue weighted by Gasteiger charge is -2.19. The van der Waals surface area contributed by atoms with Crippen LogP contribution in [-0.4, -0.2) is 56.5 Å². The van der Waals surface area contributed by atoms with Gasteiger partial charge in [-0.1, -0.05) is 48.5 Å². The molecule has 0 aliphatic carbocycles. The van der Waals surface area contributed by atoms with Crippen LogP contribution in [0, 0.1) is 0 Å². The Kier molecular flexibility index (Phi) is 5.45. The van der Waals surface area contributed by atoms with Crippen LogP contribution in [0.2, 0.25) is 0 Å². The molecule has 2 aliphatic rings. The molecular weight excluding hydrogens is 388 g/mol. The largest absolute Gasteiger partial charge is 0.489 e. The van der Waals surface area contributed by atoms with Crippen LogP contribution in [0.25, 0.3) is 21.5 Å². The van der Waals surface area contributed by atoms with E-state index in [0.717, 1.165) is 33.0 Å². The summed E-state index contributed by atoms with van der Waals surface area (Å²) in [5.41, 5.74) is 0. The molecule has 0 bridgehead atoms. The first kappa shape index (κ1) is 19.5. The lowest BCUT2D eigenvalue weighted by molar-refractivity contribution is -0.205. The number of benzene rings is 3. The average Bonchev–Trinajstić information content (AvgIpc) is 3.38. The van der Waals surface area contributed by atoms with Crippen molar-refractivity contribution in [3.63, 3.8) is 0 Å². The molecule has 0 radical (unpaired) electrons. The van der Waals surface area contributed by atoms with Crippen molar-refractivity contribution in [1.82, 2.24) is 0 Å². The van der Waals surface area contributed by atoms with E-state index < -0.39 is 6.48 Å². The first-order chi connectivity index (χ1) is 14.7. The Morgan fingerprint density at radius 2 is 1.23 bits per heavy atom. The molecule has 158 valence electrons. The first-order valence-electron chi connectivity index (χ1n) is 10.1. The highest BCUT2D eigenvalue weighted by molar-refractivity contribution is 6.11. The Morgan fingerprint density at radius 1 is 0.767 bits per heavy atom. The van der Waals surface area contributed by atoms with Crippen LogP contribution in [-0.2, 0) is 18.9 Å². The fourth-order valence-electron chi connectivity index (χ4n) is 3.91. The summed E-state index contributed by atoms with van der Waals surface area (Å²) in [6.07, 6.45) is -0.627. The number of rotatable bonds is 6. The molecule has 2 heterocycles. The van der Waals surface area contributed by atoms with Crippen LogP contribution in [0.3, 0.4) is 0 Å². The number of fused-ring (bicyclic) bond motifs is 2. The van der Waals surface area contributed by atoms with Crippen molar-refractivity contribution >= 4 is 21.5 Å². The summed E-state index contributed by atoms with van der Waals surface area (Å²) in [6.45, 7) is 2.19. The molecule has 2 fully saturated rings. The Bertz CT molecular complexity index is 898. The summed E-state index contributed by atoms with van der Waals surface area (Å²) in [5, 5.41) is 13.2. The van der Waals surface area contributed by atoms with Crippen LogP contribution >= 0.6 is 0 Å². The van der Waals surface area contributed by atoms with E-state index in [0.29, 0.717) is 19.8 Å². The van der Waals surface area contributed by atoms with Crippen LogP contribution < -0.4 is 9.47 Å². The van der Waals surface area contributed by atoms with Crippen molar-refractivity contribution < 1.29 is 33.5 Å². The molecule has 0 saturated carbocycles. The van der Waals surface area contributed by atoms with Crippen molar-refractivity contribution in [3.8, 4) is 11.5 Å². The van der Waals surface area contributed by atoms with Crippen molar-refractivity contribution in [2.24, 2.45) is 0 Å². The van der Waals surface area contributed by atoms with Gasteiger partial charge in [-0.15, -0.1) is 0 Å². The normalized spacial score (nSPS) is 26.5. The molecule has 0 aromatic heterocycles. The molecule has 3 aromatic rings. The fourth-order valence-corrected chi connectivity index (χ4v) is 3.91. The molecule has 0 spiro atoms. The van der Waals surface area contributed by atoms with Gasteiger partial charge in [0.15, 0.2) is 6.29 Å². The van der Waals surface area contributed by atoms with Crippen molar-refractivity contribution in [1.29, 1.82) is 0 Å². The molecule has 4 atom stereocenters. The molecule has 1 N–H and O–H groups in total. The number of hydrogen-bond donors (Lipinski definition) is 1. The van der Waals surface area contributed by atoms with Gasteiger partial charge in [0.25, 0.3) is 6.48 Å². The smallest absolute Gasteiger partial charge is 0.269 e. The Balaban J connectivity index is 1.50. The second-order valence-electron chi connectivity index (χ2n) is 7.43. The second-order valence-corrected chi connectivity index (χ2v) is 7.43. The zero-order valence-electron chi connectivity index (χ0n) is 16.7. The van der Waals surface area contributed by atoms with Crippen LogP contribution in [0.15, 0.2) is 48.5 Å². The van der Waals surface area contributed by atoms with Gasteiger partial charge in [-0.05, 0) is 6.92 Å². The fraction of sp³-hybridized carbons (Fsp3) is 0.391. The Hall–Kier alpha value is -2.42. The van der Waals surface area contributed by atoms with E-state index in [2.05, 4.69) is 0 Å². The maximum Gasteiger partial charge on any atom is 0.269 e. The number of aliphatic hydroxyl groups excluding tert-OH is 1. The molecule has 2 aliphatic heterocycles. The van der Waals surface area contributed by atoms with Gasteiger partial charge >= 0.3 is 0 Å². The topological polar surface area (TPSA) is 75.6 Å². The Morgan fingerprint density at radius 3 is 1.63 bits per heavy atom. The highest BCUT2D eigenvalue weighted by Crippen LogP contribution is 2.43. The number of ether oxygens (including phenoxy) is 6. The summed E-state index contributed by atoms with van der Waals surface area (Å²) in [5.74, 6) is 1.56. The molecule has 3 aromatic carbocycles. The Labute approximate surface area is 174 Å². The third-order valence-electron chi connectivity index (χ3n) is 5.29. The highest BCUT2D eigenvalue weighted by Gasteiger charge is 2.26. The van der Waals surface area contributed by atoms with Gasteiger partial charge in [0.2, 0.25) is 0 Å². The second kappa shape index (κ2) is 8.37. The van der Waals surface area contributed by atoms with Gasteiger partial charge in [0.05, 0.1) is 13.2 Å². The van der Waals surface area contributed by atoms with Crippen molar-refractivity contribution in [2.75, 3.05) is 26.4 Å². The van der Waals surface area contributed by atoms with Gasteiger partial charge in [0, 0.05) is 21.5 Å². The van der Waals surface area contributed by atoms with Gasteiger partial charge in [-0.25, -0.2) is 0 Å². The summed E-state index contributed by atoms with van der Waals surface area (Å²) < 4.78 is 34.0. The predicted octanol–water partition coefficient (Wildman–Crippen LogP) is 3.20. The van der Waals surface area contributed by atoms with E-state index >= 15 is 0 Å². The predicted molar refractivity (Wildman–Crippen MR) is 110 cm³/mol. The van der Waals surface area contributed by atoms with Crippen molar-refractivity contribution in [3.05, 3.63) is 48.5 Å². The van der Waals surface area contributed by atoms with E-state index in [9.17, 15) is 5.11 Å². The first-order valence-corrected chi connectivity index (χ1v) is 10.1. The van der Waals surface area contributed by atoms with E-state index in [-0.39, 0.29) is 25.1 Å². The highest BCUT2D eigenvalue weighted by atomic mass is 16.8. The summed E-state index contributed by atoms with van der Waals surface area (Å²) in [7, 11) is 0.